The standard InChI is InChI=1S/C11H18O2/c1-3-4-5-6-7-10-8-9(2)13-11(10)12/h3,9-10H,1,4-8H2,2H3/t9-,10+/m0/s1. The summed E-state index contributed by atoms with van der Waals surface area (Å²) in [6.45, 7) is 5.63. The molecular weight excluding hydrogens is 164 g/mol. The Morgan fingerprint density at radius 1 is 1.62 bits per heavy atom. The van der Waals surface area contributed by atoms with Crippen molar-refractivity contribution in [3.05, 3.63) is 12.7 Å². The SMILES string of the molecule is C=CCCCC[C@@H]1C[C@H](C)OC1=O. The number of allylic oxidation sites excluding steroid dienone is 1. The van der Waals surface area contributed by atoms with Gasteiger partial charge in [-0.2, -0.15) is 0 Å². The molecule has 0 radical (unpaired) electrons. The van der Waals surface area contributed by atoms with Crippen LogP contribution >= 0.6 is 0 Å². The summed E-state index contributed by atoms with van der Waals surface area (Å²) in [5, 5.41) is 0. The van der Waals surface area contributed by atoms with E-state index in [0.29, 0.717) is 0 Å². The monoisotopic (exact) mass is 182 g/mol. The van der Waals surface area contributed by atoms with Crippen LogP contribution in [-0.2, 0) is 9.53 Å². The number of rotatable bonds is 5. The van der Waals surface area contributed by atoms with Crippen LogP contribution in [0.1, 0.15) is 39.0 Å². The Morgan fingerprint density at radius 2 is 2.38 bits per heavy atom. The van der Waals surface area contributed by atoms with E-state index < -0.39 is 0 Å². The highest BCUT2D eigenvalue weighted by Gasteiger charge is 2.30. The third kappa shape index (κ3) is 3.21. The third-order valence-corrected chi connectivity index (χ3v) is 2.48. The number of unbranched alkanes of at least 4 members (excludes halogenated alkanes) is 2. The highest BCUT2D eigenvalue weighted by molar-refractivity contribution is 5.74. The summed E-state index contributed by atoms with van der Waals surface area (Å²) in [5.74, 6) is 0.172. The minimum absolute atomic E-state index is 0.00565. The number of carbonyl (C=O) groups excluding carboxylic acids is 1. The fourth-order valence-corrected chi connectivity index (χ4v) is 1.75. The van der Waals surface area contributed by atoms with Gasteiger partial charge in [-0.05, 0) is 32.6 Å². The quantitative estimate of drug-likeness (QED) is 0.371. The molecule has 1 aliphatic heterocycles. The first-order chi connectivity index (χ1) is 6.24. The second kappa shape index (κ2) is 5.05. The van der Waals surface area contributed by atoms with Crippen LogP contribution in [-0.4, -0.2) is 12.1 Å². The largest absolute Gasteiger partial charge is 0.462 e. The van der Waals surface area contributed by atoms with E-state index in [1.165, 1.54) is 0 Å². The van der Waals surface area contributed by atoms with Gasteiger partial charge in [0.15, 0.2) is 0 Å². The Bertz CT molecular complexity index is 187. The number of hydrogen-bond donors (Lipinski definition) is 0. The highest BCUT2D eigenvalue weighted by atomic mass is 16.5. The smallest absolute Gasteiger partial charge is 0.309 e. The number of hydrogen-bond acceptors (Lipinski definition) is 2. The molecule has 0 spiro atoms. The molecule has 1 fully saturated rings. The number of cyclic esters (lactones) is 1. The average molecular weight is 182 g/mol. The topological polar surface area (TPSA) is 26.3 Å². The first-order valence-electron chi connectivity index (χ1n) is 5.05. The van der Waals surface area contributed by atoms with Crippen molar-refractivity contribution in [1.29, 1.82) is 0 Å². The predicted molar refractivity (Wildman–Crippen MR) is 52.3 cm³/mol. The lowest BCUT2D eigenvalue weighted by Crippen LogP contribution is -2.06. The van der Waals surface area contributed by atoms with E-state index in [1.807, 2.05) is 13.0 Å². The number of carbonyl (C=O) groups is 1. The molecule has 0 amide bonds. The highest BCUT2D eigenvalue weighted by Crippen LogP contribution is 2.25. The van der Waals surface area contributed by atoms with E-state index in [9.17, 15) is 4.79 Å². The fraction of sp³-hybridized carbons (Fsp3) is 0.727. The van der Waals surface area contributed by atoms with E-state index in [2.05, 4.69) is 6.58 Å². The summed E-state index contributed by atoms with van der Waals surface area (Å²) in [4.78, 5) is 11.2. The molecule has 0 aromatic carbocycles. The molecule has 0 aromatic rings. The van der Waals surface area contributed by atoms with E-state index in [1.54, 1.807) is 0 Å². The van der Waals surface area contributed by atoms with Crippen molar-refractivity contribution in [3.63, 3.8) is 0 Å². The van der Waals surface area contributed by atoms with Gasteiger partial charge in [0.1, 0.15) is 0 Å². The lowest BCUT2D eigenvalue weighted by Gasteiger charge is -2.03. The molecule has 1 rings (SSSR count). The Hall–Kier alpha value is -0.790. The molecule has 0 saturated carbocycles. The summed E-state index contributed by atoms with van der Waals surface area (Å²) in [5.41, 5.74) is 0. The maximum absolute atomic E-state index is 11.2. The van der Waals surface area contributed by atoms with Crippen LogP contribution in [0, 0.1) is 5.92 Å². The first-order valence-corrected chi connectivity index (χ1v) is 5.05. The maximum Gasteiger partial charge on any atom is 0.309 e. The van der Waals surface area contributed by atoms with Gasteiger partial charge in [0, 0.05) is 0 Å². The van der Waals surface area contributed by atoms with Gasteiger partial charge in [-0.25, -0.2) is 0 Å². The second-order valence-electron chi connectivity index (χ2n) is 3.75. The Morgan fingerprint density at radius 3 is 2.92 bits per heavy atom. The molecule has 0 bridgehead atoms. The molecule has 1 heterocycles. The van der Waals surface area contributed by atoms with Crippen LogP contribution in [0.3, 0.4) is 0 Å². The first kappa shape index (κ1) is 10.3. The summed E-state index contributed by atoms with van der Waals surface area (Å²) < 4.78 is 5.07. The number of esters is 1. The Kier molecular flexibility index (Phi) is 4.00. The molecule has 74 valence electrons. The molecule has 1 saturated heterocycles. The van der Waals surface area contributed by atoms with Crippen molar-refractivity contribution in [2.75, 3.05) is 0 Å². The van der Waals surface area contributed by atoms with Crippen LogP contribution in [0.5, 0.6) is 0 Å². The van der Waals surface area contributed by atoms with Crippen LogP contribution in [0.4, 0.5) is 0 Å². The summed E-state index contributed by atoms with van der Waals surface area (Å²) >= 11 is 0. The van der Waals surface area contributed by atoms with E-state index in [-0.39, 0.29) is 18.0 Å². The van der Waals surface area contributed by atoms with Gasteiger partial charge in [-0.1, -0.05) is 12.5 Å². The van der Waals surface area contributed by atoms with Gasteiger partial charge in [-0.15, -0.1) is 6.58 Å². The number of ether oxygens (including phenoxy) is 1. The lowest BCUT2D eigenvalue weighted by molar-refractivity contribution is -0.143. The zero-order valence-electron chi connectivity index (χ0n) is 8.29. The molecule has 1 aliphatic rings. The molecule has 0 aliphatic carbocycles. The average Bonchev–Trinajstić information content (AvgIpc) is 2.39. The normalized spacial score (nSPS) is 27.3. The van der Waals surface area contributed by atoms with Crippen molar-refractivity contribution in [1.82, 2.24) is 0 Å². The van der Waals surface area contributed by atoms with Gasteiger partial charge >= 0.3 is 5.97 Å². The Labute approximate surface area is 80.0 Å². The predicted octanol–water partition coefficient (Wildman–Crippen LogP) is 2.68. The van der Waals surface area contributed by atoms with Gasteiger partial charge in [0.05, 0.1) is 12.0 Å². The molecule has 0 N–H and O–H groups in total. The molecule has 2 heteroatoms. The minimum Gasteiger partial charge on any atom is -0.462 e. The van der Waals surface area contributed by atoms with Crippen molar-refractivity contribution in [2.45, 2.75) is 45.1 Å². The summed E-state index contributed by atoms with van der Waals surface area (Å²) in [7, 11) is 0. The van der Waals surface area contributed by atoms with Crippen LogP contribution < -0.4 is 0 Å². The van der Waals surface area contributed by atoms with Crippen LogP contribution in [0.15, 0.2) is 12.7 Å². The minimum atomic E-state index is 0.00565. The van der Waals surface area contributed by atoms with Crippen molar-refractivity contribution >= 4 is 5.97 Å². The summed E-state index contributed by atoms with van der Waals surface area (Å²) in [6, 6.07) is 0. The summed E-state index contributed by atoms with van der Waals surface area (Å²) in [6.07, 6.45) is 7.26. The van der Waals surface area contributed by atoms with Crippen molar-refractivity contribution in [3.8, 4) is 0 Å². The molecular formula is C11H18O2. The Balaban J connectivity index is 2.14. The maximum atomic E-state index is 11.2. The van der Waals surface area contributed by atoms with Crippen LogP contribution in [0.2, 0.25) is 0 Å². The molecule has 2 atom stereocenters. The van der Waals surface area contributed by atoms with Crippen molar-refractivity contribution in [2.24, 2.45) is 5.92 Å². The van der Waals surface area contributed by atoms with E-state index in [0.717, 1.165) is 32.1 Å². The molecule has 0 unspecified atom stereocenters. The lowest BCUT2D eigenvalue weighted by atomic mass is 9.98. The van der Waals surface area contributed by atoms with E-state index in [4.69, 9.17) is 4.74 Å². The zero-order valence-corrected chi connectivity index (χ0v) is 8.29. The third-order valence-electron chi connectivity index (χ3n) is 2.48. The fourth-order valence-electron chi connectivity index (χ4n) is 1.75. The van der Waals surface area contributed by atoms with Gasteiger partial charge in [0.2, 0.25) is 0 Å². The zero-order chi connectivity index (χ0) is 9.68. The second-order valence-corrected chi connectivity index (χ2v) is 3.75. The van der Waals surface area contributed by atoms with Crippen LogP contribution in [0.25, 0.3) is 0 Å². The van der Waals surface area contributed by atoms with E-state index >= 15 is 0 Å². The van der Waals surface area contributed by atoms with Gasteiger partial charge < -0.3 is 4.74 Å². The molecule has 13 heavy (non-hydrogen) atoms. The van der Waals surface area contributed by atoms with Crippen molar-refractivity contribution < 1.29 is 9.53 Å². The molecule has 2 nitrogen and oxygen atoms in total. The molecule has 0 aromatic heterocycles. The van der Waals surface area contributed by atoms with Gasteiger partial charge in [-0.3, -0.25) is 4.79 Å². The van der Waals surface area contributed by atoms with Gasteiger partial charge in [0.25, 0.3) is 0 Å².